The van der Waals surface area contributed by atoms with Crippen molar-refractivity contribution in [1.29, 1.82) is 0 Å². The van der Waals surface area contributed by atoms with E-state index in [1.54, 1.807) is 6.92 Å². The molecule has 0 aliphatic rings. The SMILES string of the molecule is C[C@@H](Cn1cncn1)C(=O)[O-]. The van der Waals surface area contributed by atoms with E-state index in [-0.39, 0.29) is 0 Å². The van der Waals surface area contributed by atoms with E-state index in [4.69, 9.17) is 0 Å². The van der Waals surface area contributed by atoms with Crippen LogP contribution in [0.2, 0.25) is 0 Å². The molecule has 1 heterocycles. The highest BCUT2D eigenvalue weighted by molar-refractivity contribution is 5.66. The Morgan fingerprint density at radius 1 is 1.82 bits per heavy atom. The maximum atomic E-state index is 10.3. The van der Waals surface area contributed by atoms with Crippen LogP contribution in [0.4, 0.5) is 0 Å². The second-order valence-corrected chi connectivity index (χ2v) is 2.34. The topological polar surface area (TPSA) is 70.8 Å². The Hall–Kier alpha value is -1.39. The first kappa shape index (κ1) is 7.71. The monoisotopic (exact) mass is 154 g/mol. The number of aliphatic carboxylic acids is 1. The molecule has 0 spiro atoms. The Morgan fingerprint density at radius 2 is 2.55 bits per heavy atom. The van der Waals surface area contributed by atoms with Gasteiger partial charge < -0.3 is 9.90 Å². The van der Waals surface area contributed by atoms with Crippen molar-refractivity contribution in [3.8, 4) is 0 Å². The molecule has 0 aliphatic heterocycles. The maximum Gasteiger partial charge on any atom is 0.137 e. The van der Waals surface area contributed by atoms with Gasteiger partial charge in [0.1, 0.15) is 12.7 Å². The van der Waals surface area contributed by atoms with Crippen molar-refractivity contribution in [3.05, 3.63) is 12.7 Å². The van der Waals surface area contributed by atoms with E-state index in [0.717, 1.165) is 0 Å². The van der Waals surface area contributed by atoms with Crippen LogP contribution in [-0.2, 0) is 11.3 Å². The molecule has 0 saturated heterocycles. The smallest absolute Gasteiger partial charge is 0.137 e. The third-order valence-electron chi connectivity index (χ3n) is 1.33. The highest BCUT2D eigenvalue weighted by Crippen LogP contribution is 1.95. The summed E-state index contributed by atoms with van der Waals surface area (Å²) >= 11 is 0. The normalized spacial score (nSPS) is 12.8. The summed E-state index contributed by atoms with van der Waals surface area (Å²) in [5, 5.41) is 14.0. The van der Waals surface area contributed by atoms with Crippen LogP contribution in [0.15, 0.2) is 12.7 Å². The molecule has 0 aliphatic carbocycles. The lowest BCUT2D eigenvalue weighted by molar-refractivity contribution is -0.311. The summed E-state index contributed by atoms with van der Waals surface area (Å²) in [6.07, 6.45) is 2.83. The van der Waals surface area contributed by atoms with E-state index in [1.807, 2.05) is 0 Å². The van der Waals surface area contributed by atoms with Crippen molar-refractivity contribution < 1.29 is 9.90 Å². The Labute approximate surface area is 63.7 Å². The van der Waals surface area contributed by atoms with Gasteiger partial charge in [0.05, 0.1) is 6.54 Å². The first-order valence-electron chi connectivity index (χ1n) is 3.23. The fraction of sp³-hybridized carbons (Fsp3) is 0.500. The van der Waals surface area contributed by atoms with Crippen LogP contribution in [-0.4, -0.2) is 20.7 Å². The molecule has 0 bridgehead atoms. The number of hydrogen-bond acceptors (Lipinski definition) is 4. The van der Waals surface area contributed by atoms with Gasteiger partial charge in [-0.05, 0) is 0 Å². The quantitative estimate of drug-likeness (QED) is 0.540. The molecule has 60 valence electrons. The highest BCUT2D eigenvalue weighted by Gasteiger charge is 2.02. The van der Waals surface area contributed by atoms with Crippen molar-refractivity contribution >= 4 is 5.97 Å². The third-order valence-corrected chi connectivity index (χ3v) is 1.33. The number of rotatable bonds is 3. The fourth-order valence-electron chi connectivity index (χ4n) is 0.682. The van der Waals surface area contributed by atoms with Crippen LogP contribution in [0, 0.1) is 5.92 Å². The molecule has 5 nitrogen and oxygen atoms in total. The number of hydrogen-bond donors (Lipinski definition) is 0. The summed E-state index contributed by atoms with van der Waals surface area (Å²) in [4.78, 5) is 13.9. The van der Waals surface area contributed by atoms with Crippen LogP contribution >= 0.6 is 0 Å². The lowest BCUT2D eigenvalue weighted by atomic mass is 10.2. The first-order valence-corrected chi connectivity index (χ1v) is 3.23. The molecular weight excluding hydrogens is 146 g/mol. The van der Waals surface area contributed by atoms with Crippen LogP contribution in [0.3, 0.4) is 0 Å². The lowest BCUT2D eigenvalue weighted by Crippen LogP contribution is -2.32. The van der Waals surface area contributed by atoms with Gasteiger partial charge >= 0.3 is 0 Å². The van der Waals surface area contributed by atoms with E-state index < -0.39 is 11.9 Å². The van der Waals surface area contributed by atoms with Gasteiger partial charge in [0, 0.05) is 11.9 Å². The molecule has 1 aromatic heterocycles. The zero-order valence-electron chi connectivity index (χ0n) is 6.10. The summed E-state index contributed by atoms with van der Waals surface area (Å²) in [6, 6.07) is 0. The van der Waals surface area contributed by atoms with Crippen molar-refractivity contribution in [2.75, 3.05) is 0 Å². The van der Waals surface area contributed by atoms with Gasteiger partial charge in [0.2, 0.25) is 0 Å². The third kappa shape index (κ3) is 2.03. The fourth-order valence-corrected chi connectivity index (χ4v) is 0.682. The molecular formula is C6H8N3O2-. The number of carboxylic acid groups (broad SMARTS) is 1. The summed E-state index contributed by atoms with van der Waals surface area (Å²) in [5.74, 6) is -1.60. The summed E-state index contributed by atoms with van der Waals surface area (Å²) in [7, 11) is 0. The minimum Gasteiger partial charge on any atom is -0.550 e. The van der Waals surface area contributed by atoms with Gasteiger partial charge in [-0.15, -0.1) is 0 Å². The Kier molecular flexibility index (Phi) is 2.20. The zero-order chi connectivity index (χ0) is 8.27. The Morgan fingerprint density at radius 3 is 3.00 bits per heavy atom. The molecule has 1 atom stereocenters. The summed E-state index contributed by atoms with van der Waals surface area (Å²) in [6.45, 7) is 1.87. The predicted octanol–water partition coefficient (Wildman–Crippen LogP) is -1.34. The molecule has 0 amide bonds. The van der Waals surface area contributed by atoms with Gasteiger partial charge in [0.15, 0.2) is 0 Å². The van der Waals surface area contributed by atoms with Crippen LogP contribution in [0.1, 0.15) is 6.92 Å². The van der Waals surface area contributed by atoms with Gasteiger partial charge in [-0.3, -0.25) is 4.68 Å². The summed E-state index contributed by atoms with van der Waals surface area (Å²) < 4.78 is 1.46. The van der Waals surface area contributed by atoms with E-state index in [9.17, 15) is 9.90 Å². The first-order chi connectivity index (χ1) is 5.20. The number of carbonyl (C=O) groups is 1. The lowest BCUT2D eigenvalue weighted by Gasteiger charge is -2.10. The Balaban J connectivity index is 2.50. The summed E-state index contributed by atoms with van der Waals surface area (Å²) in [5.41, 5.74) is 0. The van der Waals surface area contributed by atoms with Crippen molar-refractivity contribution in [1.82, 2.24) is 14.8 Å². The average molecular weight is 154 g/mol. The molecule has 0 saturated carbocycles. The molecule has 5 heteroatoms. The largest absolute Gasteiger partial charge is 0.550 e. The molecule has 0 aromatic carbocycles. The molecule has 1 aromatic rings. The van der Waals surface area contributed by atoms with Crippen molar-refractivity contribution in [2.45, 2.75) is 13.5 Å². The van der Waals surface area contributed by atoms with Crippen LogP contribution in [0.25, 0.3) is 0 Å². The number of nitrogens with zero attached hydrogens (tertiary/aromatic N) is 3. The molecule has 0 radical (unpaired) electrons. The zero-order valence-corrected chi connectivity index (χ0v) is 6.10. The van der Waals surface area contributed by atoms with E-state index in [1.165, 1.54) is 17.3 Å². The van der Waals surface area contributed by atoms with Gasteiger partial charge in [0.25, 0.3) is 0 Å². The van der Waals surface area contributed by atoms with Crippen LogP contribution in [0.5, 0.6) is 0 Å². The van der Waals surface area contributed by atoms with E-state index in [2.05, 4.69) is 10.1 Å². The van der Waals surface area contributed by atoms with Gasteiger partial charge in [-0.1, -0.05) is 6.92 Å². The highest BCUT2D eigenvalue weighted by atomic mass is 16.4. The van der Waals surface area contributed by atoms with Crippen molar-refractivity contribution in [2.24, 2.45) is 5.92 Å². The maximum absolute atomic E-state index is 10.3. The minimum atomic E-state index is -1.07. The van der Waals surface area contributed by atoms with E-state index >= 15 is 0 Å². The number of carboxylic acids is 1. The molecule has 0 N–H and O–H groups in total. The second-order valence-electron chi connectivity index (χ2n) is 2.34. The number of aromatic nitrogens is 3. The van der Waals surface area contributed by atoms with E-state index in [0.29, 0.717) is 6.54 Å². The molecule has 0 unspecified atom stereocenters. The standard InChI is InChI=1S/C6H9N3O2/c1-5(6(10)11)2-9-4-7-3-8-9/h3-5H,2H2,1H3,(H,10,11)/p-1/t5-/m0/s1. The van der Waals surface area contributed by atoms with Crippen molar-refractivity contribution in [3.63, 3.8) is 0 Å². The average Bonchev–Trinajstić information content (AvgIpc) is 2.39. The number of carbonyl (C=O) groups excluding carboxylic acids is 1. The minimum absolute atomic E-state index is 0.308. The predicted molar refractivity (Wildman–Crippen MR) is 34.2 cm³/mol. The van der Waals surface area contributed by atoms with Crippen LogP contribution < -0.4 is 5.11 Å². The second kappa shape index (κ2) is 3.14. The van der Waals surface area contributed by atoms with Gasteiger partial charge in [-0.25, -0.2) is 4.98 Å². The van der Waals surface area contributed by atoms with Gasteiger partial charge in [-0.2, -0.15) is 5.10 Å². The molecule has 11 heavy (non-hydrogen) atoms. The molecule has 0 fully saturated rings. The Bertz CT molecular complexity index is 232. The molecule has 1 rings (SSSR count).